The molecule has 2 atom stereocenters. The van der Waals surface area contributed by atoms with Gasteiger partial charge in [0.1, 0.15) is 5.01 Å². The molecule has 84 valence electrons. The maximum atomic E-state index is 6.12. The standard InChI is InChI=1S/C11H19N3S/c1-11(4-2-3-9(11)12)8-13-7-10-14-5-6-15-10/h5-6,9,13H,2-4,7-8,12H2,1H3. The second-order valence-corrected chi connectivity index (χ2v) is 5.66. The zero-order chi connectivity index (χ0) is 10.7. The summed E-state index contributed by atoms with van der Waals surface area (Å²) in [6, 6.07) is 0.362. The summed E-state index contributed by atoms with van der Waals surface area (Å²) in [5.41, 5.74) is 6.41. The normalized spacial score (nSPS) is 30.9. The molecule has 2 rings (SSSR count). The number of aromatic nitrogens is 1. The molecule has 4 heteroatoms. The molecule has 0 radical (unpaired) electrons. The molecule has 0 aromatic carbocycles. The van der Waals surface area contributed by atoms with E-state index in [1.165, 1.54) is 19.3 Å². The van der Waals surface area contributed by atoms with Crippen molar-refractivity contribution in [2.75, 3.05) is 6.54 Å². The van der Waals surface area contributed by atoms with E-state index in [2.05, 4.69) is 17.2 Å². The second kappa shape index (κ2) is 4.60. The van der Waals surface area contributed by atoms with Gasteiger partial charge in [-0.2, -0.15) is 0 Å². The monoisotopic (exact) mass is 225 g/mol. The largest absolute Gasteiger partial charge is 0.327 e. The zero-order valence-corrected chi connectivity index (χ0v) is 10.0. The smallest absolute Gasteiger partial charge is 0.106 e. The second-order valence-electron chi connectivity index (χ2n) is 4.68. The number of nitrogens with zero attached hydrogens (tertiary/aromatic N) is 1. The van der Waals surface area contributed by atoms with Crippen LogP contribution in [0.4, 0.5) is 0 Å². The van der Waals surface area contributed by atoms with Crippen LogP contribution in [-0.2, 0) is 6.54 Å². The Labute approximate surface area is 95.1 Å². The molecule has 1 aliphatic carbocycles. The van der Waals surface area contributed by atoms with E-state index in [9.17, 15) is 0 Å². The molecule has 0 aliphatic heterocycles. The lowest BCUT2D eigenvalue weighted by molar-refractivity contribution is 0.277. The Morgan fingerprint density at radius 1 is 1.73 bits per heavy atom. The van der Waals surface area contributed by atoms with Crippen LogP contribution >= 0.6 is 11.3 Å². The van der Waals surface area contributed by atoms with Gasteiger partial charge in [-0.1, -0.05) is 13.3 Å². The van der Waals surface area contributed by atoms with E-state index in [1.54, 1.807) is 11.3 Å². The highest BCUT2D eigenvalue weighted by Crippen LogP contribution is 2.35. The third-order valence-corrected chi connectivity index (χ3v) is 4.23. The van der Waals surface area contributed by atoms with Gasteiger partial charge in [-0.25, -0.2) is 4.98 Å². The van der Waals surface area contributed by atoms with Crippen molar-refractivity contribution in [1.82, 2.24) is 10.3 Å². The Balaban J connectivity index is 1.78. The van der Waals surface area contributed by atoms with Crippen molar-refractivity contribution >= 4 is 11.3 Å². The van der Waals surface area contributed by atoms with Crippen LogP contribution in [0.25, 0.3) is 0 Å². The molecule has 0 amide bonds. The Morgan fingerprint density at radius 2 is 2.60 bits per heavy atom. The third-order valence-electron chi connectivity index (χ3n) is 3.45. The quantitative estimate of drug-likeness (QED) is 0.821. The van der Waals surface area contributed by atoms with Gasteiger partial charge in [0.25, 0.3) is 0 Å². The van der Waals surface area contributed by atoms with E-state index >= 15 is 0 Å². The van der Waals surface area contributed by atoms with Crippen LogP contribution in [-0.4, -0.2) is 17.6 Å². The lowest BCUT2D eigenvalue weighted by atomic mass is 9.85. The summed E-state index contributed by atoms with van der Waals surface area (Å²) in [6.45, 7) is 4.17. The fourth-order valence-corrected chi connectivity index (χ4v) is 2.86. The highest BCUT2D eigenvalue weighted by molar-refractivity contribution is 7.09. The fraction of sp³-hybridized carbons (Fsp3) is 0.727. The number of rotatable bonds is 4. The minimum absolute atomic E-state index is 0.289. The molecule has 15 heavy (non-hydrogen) atoms. The molecular formula is C11H19N3S. The van der Waals surface area contributed by atoms with Crippen molar-refractivity contribution in [1.29, 1.82) is 0 Å². The van der Waals surface area contributed by atoms with Crippen molar-refractivity contribution < 1.29 is 0 Å². The average molecular weight is 225 g/mol. The van der Waals surface area contributed by atoms with Crippen LogP contribution in [0.5, 0.6) is 0 Å². The van der Waals surface area contributed by atoms with E-state index in [1.807, 2.05) is 11.6 Å². The first-order valence-electron chi connectivity index (χ1n) is 5.55. The Hall–Kier alpha value is -0.450. The molecule has 3 N–H and O–H groups in total. The highest BCUT2D eigenvalue weighted by atomic mass is 32.1. The van der Waals surface area contributed by atoms with Crippen LogP contribution in [0.15, 0.2) is 11.6 Å². The highest BCUT2D eigenvalue weighted by Gasteiger charge is 2.35. The molecule has 1 aliphatic rings. The summed E-state index contributed by atoms with van der Waals surface area (Å²) < 4.78 is 0. The SMILES string of the molecule is CC1(CNCc2nccs2)CCCC1N. The Morgan fingerprint density at radius 3 is 3.20 bits per heavy atom. The van der Waals surface area contributed by atoms with E-state index in [-0.39, 0.29) is 5.41 Å². The molecule has 0 bridgehead atoms. The lowest BCUT2D eigenvalue weighted by Gasteiger charge is -2.29. The first-order valence-corrected chi connectivity index (χ1v) is 6.43. The van der Waals surface area contributed by atoms with Gasteiger partial charge in [0.05, 0.1) is 0 Å². The molecule has 1 fully saturated rings. The van der Waals surface area contributed by atoms with Crippen LogP contribution in [0, 0.1) is 5.41 Å². The van der Waals surface area contributed by atoms with Crippen molar-refractivity contribution in [2.45, 2.75) is 38.8 Å². The first-order chi connectivity index (χ1) is 7.21. The topological polar surface area (TPSA) is 50.9 Å². The maximum absolute atomic E-state index is 6.12. The van der Waals surface area contributed by atoms with Crippen LogP contribution in [0.3, 0.4) is 0 Å². The first kappa shape index (κ1) is 11.0. The van der Waals surface area contributed by atoms with Gasteiger partial charge < -0.3 is 11.1 Å². The van der Waals surface area contributed by atoms with Gasteiger partial charge in [-0.15, -0.1) is 11.3 Å². The maximum Gasteiger partial charge on any atom is 0.106 e. The molecular weight excluding hydrogens is 206 g/mol. The van der Waals surface area contributed by atoms with Crippen LogP contribution in [0.2, 0.25) is 0 Å². The summed E-state index contributed by atoms with van der Waals surface area (Å²) in [5, 5.41) is 6.64. The van der Waals surface area contributed by atoms with Gasteiger partial charge in [-0.05, 0) is 18.3 Å². The van der Waals surface area contributed by atoms with Gasteiger partial charge in [0.15, 0.2) is 0 Å². The van der Waals surface area contributed by atoms with E-state index in [0.717, 1.165) is 18.1 Å². The summed E-state index contributed by atoms with van der Waals surface area (Å²) in [6.07, 6.45) is 5.55. The number of hydrogen-bond acceptors (Lipinski definition) is 4. The summed E-state index contributed by atoms with van der Waals surface area (Å²) in [4.78, 5) is 4.25. The summed E-state index contributed by atoms with van der Waals surface area (Å²) in [7, 11) is 0. The minimum atomic E-state index is 0.289. The molecule has 2 unspecified atom stereocenters. The van der Waals surface area contributed by atoms with Crippen molar-refractivity contribution in [3.63, 3.8) is 0 Å². The molecule has 1 aromatic rings. The van der Waals surface area contributed by atoms with Crippen molar-refractivity contribution in [3.05, 3.63) is 16.6 Å². The number of nitrogens with two attached hydrogens (primary N) is 1. The molecule has 0 saturated heterocycles. The predicted molar refractivity (Wildman–Crippen MR) is 63.8 cm³/mol. The number of hydrogen-bond donors (Lipinski definition) is 2. The minimum Gasteiger partial charge on any atom is -0.327 e. The van der Waals surface area contributed by atoms with Gasteiger partial charge in [0, 0.05) is 30.7 Å². The molecule has 1 heterocycles. The number of nitrogens with one attached hydrogen (secondary N) is 1. The zero-order valence-electron chi connectivity index (χ0n) is 9.20. The summed E-state index contributed by atoms with van der Waals surface area (Å²) >= 11 is 1.70. The van der Waals surface area contributed by atoms with Gasteiger partial charge in [0.2, 0.25) is 0 Å². The van der Waals surface area contributed by atoms with E-state index in [4.69, 9.17) is 5.73 Å². The van der Waals surface area contributed by atoms with E-state index < -0.39 is 0 Å². The Kier molecular flexibility index (Phi) is 3.38. The molecule has 1 saturated carbocycles. The van der Waals surface area contributed by atoms with Gasteiger partial charge >= 0.3 is 0 Å². The fourth-order valence-electron chi connectivity index (χ4n) is 2.27. The molecule has 0 spiro atoms. The molecule has 3 nitrogen and oxygen atoms in total. The summed E-state index contributed by atoms with van der Waals surface area (Å²) in [5.74, 6) is 0. The third kappa shape index (κ3) is 2.56. The van der Waals surface area contributed by atoms with Crippen LogP contribution in [0.1, 0.15) is 31.2 Å². The average Bonchev–Trinajstić information content (AvgIpc) is 2.79. The van der Waals surface area contributed by atoms with Crippen LogP contribution < -0.4 is 11.1 Å². The molecule has 1 aromatic heterocycles. The number of thiazole rings is 1. The predicted octanol–water partition coefficient (Wildman–Crippen LogP) is 1.75. The van der Waals surface area contributed by atoms with Gasteiger partial charge in [-0.3, -0.25) is 0 Å². The van der Waals surface area contributed by atoms with Crippen molar-refractivity contribution in [2.24, 2.45) is 11.1 Å². The van der Waals surface area contributed by atoms with E-state index in [0.29, 0.717) is 6.04 Å². The lowest BCUT2D eigenvalue weighted by Crippen LogP contribution is -2.42. The van der Waals surface area contributed by atoms with Crippen molar-refractivity contribution in [3.8, 4) is 0 Å². The Bertz CT molecular complexity index is 299.